The van der Waals surface area contributed by atoms with Crippen molar-refractivity contribution in [3.8, 4) is 0 Å². The zero-order valence-corrected chi connectivity index (χ0v) is 8.29. The molecule has 2 nitrogen and oxygen atoms in total. The number of aliphatic hydroxyl groups is 2. The predicted molar refractivity (Wildman–Crippen MR) is 51.1 cm³/mol. The second-order valence-electron chi connectivity index (χ2n) is 3.39. The highest BCUT2D eigenvalue weighted by Gasteiger charge is 2.12. The van der Waals surface area contributed by atoms with Crippen LogP contribution in [0.4, 0.5) is 0 Å². The molecule has 0 radical (unpaired) electrons. The van der Waals surface area contributed by atoms with E-state index in [9.17, 15) is 10.2 Å². The molecule has 74 valence electrons. The summed E-state index contributed by atoms with van der Waals surface area (Å²) in [7, 11) is 0. The molecule has 0 spiro atoms. The van der Waals surface area contributed by atoms with E-state index >= 15 is 0 Å². The molecule has 0 aromatic rings. The molecule has 0 aliphatic heterocycles. The minimum atomic E-state index is -0.522. The van der Waals surface area contributed by atoms with Crippen molar-refractivity contribution in [1.29, 1.82) is 0 Å². The third kappa shape index (κ3) is 5.56. The first-order valence-electron chi connectivity index (χ1n) is 5.08. The van der Waals surface area contributed by atoms with Crippen LogP contribution < -0.4 is 0 Å². The fourth-order valence-corrected chi connectivity index (χ4v) is 1.24. The van der Waals surface area contributed by atoms with Crippen LogP contribution in [-0.2, 0) is 0 Å². The van der Waals surface area contributed by atoms with Gasteiger partial charge in [0.1, 0.15) is 0 Å². The molecule has 2 N–H and O–H groups in total. The van der Waals surface area contributed by atoms with E-state index < -0.39 is 12.2 Å². The molecule has 2 atom stereocenters. The fraction of sp³-hybridized carbons (Fsp3) is 1.00. The average Bonchev–Trinajstić information content (AvgIpc) is 2.10. The molecule has 0 aromatic carbocycles. The molecule has 0 aliphatic rings. The van der Waals surface area contributed by atoms with Crippen molar-refractivity contribution >= 4 is 0 Å². The molecular weight excluding hydrogens is 152 g/mol. The van der Waals surface area contributed by atoms with Gasteiger partial charge in [-0.15, -0.1) is 0 Å². The van der Waals surface area contributed by atoms with Crippen LogP contribution in [0.2, 0.25) is 0 Å². The van der Waals surface area contributed by atoms with Gasteiger partial charge in [0.05, 0.1) is 12.2 Å². The maximum Gasteiger partial charge on any atom is 0.0799 e. The number of aliphatic hydroxyl groups excluding tert-OH is 2. The molecule has 0 heterocycles. The Hall–Kier alpha value is -0.0800. The number of rotatable bonds is 7. The zero-order valence-electron chi connectivity index (χ0n) is 8.29. The van der Waals surface area contributed by atoms with Crippen LogP contribution in [0.3, 0.4) is 0 Å². The van der Waals surface area contributed by atoms with Crippen molar-refractivity contribution in [3.05, 3.63) is 0 Å². The second-order valence-corrected chi connectivity index (χ2v) is 3.39. The SMILES string of the molecule is CCCCCC[C@H](O)[C@H](O)CC. The van der Waals surface area contributed by atoms with E-state index in [0.717, 1.165) is 12.8 Å². The Morgan fingerprint density at radius 2 is 1.58 bits per heavy atom. The first kappa shape index (κ1) is 11.9. The van der Waals surface area contributed by atoms with E-state index in [2.05, 4.69) is 6.92 Å². The highest BCUT2D eigenvalue weighted by atomic mass is 16.3. The van der Waals surface area contributed by atoms with E-state index in [1.165, 1.54) is 19.3 Å². The van der Waals surface area contributed by atoms with Crippen molar-refractivity contribution < 1.29 is 10.2 Å². The van der Waals surface area contributed by atoms with Crippen LogP contribution in [0, 0.1) is 0 Å². The summed E-state index contributed by atoms with van der Waals surface area (Å²) >= 11 is 0. The summed E-state index contributed by atoms with van der Waals surface area (Å²) in [6, 6.07) is 0. The van der Waals surface area contributed by atoms with Gasteiger partial charge in [0.15, 0.2) is 0 Å². The van der Waals surface area contributed by atoms with Crippen LogP contribution >= 0.6 is 0 Å². The number of hydrogen-bond acceptors (Lipinski definition) is 2. The average molecular weight is 174 g/mol. The Kier molecular flexibility index (Phi) is 7.51. The van der Waals surface area contributed by atoms with E-state index in [-0.39, 0.29) is 0 Å². The number of unbranched alkanes of at least 4 members (excludes halogenated alkanes) is 3. The van der Waals surface area contributed by atoms with Gasteiger partial charge in [-0.2, -0.15) is 0 Å². The van der Waals surface area contributed by atoms with E-state index in [4.69, 9.17) is 0 Å². The van der Waals surface area contributed by atoms with E-state index in [0.29, 0.717) is 6.42 Å². The molecule has 0 aromatic heterocycles. The topological polar surface area (TPSA) is 40.5 Å². The number of hydrogen-bond donors (Lipinski definition) is 2. The Morgan fingerprint density at radius 1 is 0.917 bits per heavy atom. The van der Waals surface area contributed by atoms with Crippen LogP contribution in [0.25, 0.3) is 0 Å². The zero-order chi connectivity index (χ0) is 9.40. The molecule has 0 bridgehead atoms. The van der Waals surface area contributed by atoms with Gasteiger partial charge < -0.3 is 10.2 Å². The lowest BCUT2D eigenvalue weighted by atomic mass is 10.0. The summed E-state index contributed by atoms with van der Waals surface area (Å²) in [5.74, 6) is 0. The van der Waals surface area contributed by atoms with Gasteiger partial charge in [0, 0.05) is 0 Å². The summed E-state index contributed by atoms with van der Waals surface area (Å²) in [5, 5.41) is 18.6. The van der Waals surface area contributed by atoms with Gasteiger partial charge in [0.2, 0.25) is 0 Å². The van der Waals surface area contributed by atoms with Crippen molar-refractivity contribution in [2.45, 2.75) is 64.6 Å². The minimum Gasteiger partial charge on any atom is -0.390 e. The lowest BCUT2D eigenvalue weighted by Crippen LogP contribution is -2.24. The minimum absolute atomic E-state index is 0.508. The molecule has 0 fully saturated rings. The van der Waals surface area contributed by atoms with Gasteiger partial charge in [0.25, 0.3) is 0 Å². The molecule has 0 amide bonds. The van der Waals surface area contributed by atoms with Crippen LogP contribution in [0.1, 0.15) is 52.4 Å². The molecule has 0 unspecified atom stereocenters. The monoisotopic (exact) mass is 174 g/mol. The van der Waals surface area contributed by atoms with Gasteiger partial charge in [-0.25, -0.2) is 0 Å². The van der Waals surface area contributed by atoms with Crippen molar-refractivity contribution in [3.63, 3.8) is 0 Å². The third-order valence-corrected chi connectivity index (χ3v) is 2.22. The van der Waals surface area contributed by atoms with Gasteiger partial charge in [-0.1, -0.05) is 39.5 Å². The van der Waals surface area contributed by atoms with E-state index in [1.54, 1.807) is 0 Å². The summed E-state index contributed by atoms with van der Waals surface area (Å²) < 4.78 is 0. The smallest absolute Gasteiger partial charge is 0.0799 e. The Bertz CT molecular complexity index is 93.8. The third-order valence-electron chi connectivity index (χ3n) is 2.22. The molecule has 0 saturated heterocycles. The molecule has 0 aliphatic carbocycles. The maximum atomic E-state index is 9.37. The predicted octanol–water partition coefficient (Wildman–Crippen LogP) is 2.09. The lowest BCUT2D eigenvalue weighted by Gasteiger charge is -2.15. The fourth-order valence-electron chi connectivity index (χ4n) is 1.24. The molecular formula is C10H22O2. The quantitative estimate of drug-likeness (QED) is 0.580. The normalized spacial score (nSPS) is 16.0. The van der Waals surface area contributed by atoms with E-state index in [1.807, 2.05) is 6.92 Å². The van der Waals surface area contributed by atoms with Crippen molar-refractivity contribution in [1.82, 2.24) is 0 Å². The van der Waals surface area contributed by atoms with Crippen LogP contribution in [0.15, 0.2) is 0 Å². The first-order valence-corrected chi connectivity index (χ1v) is 5.08. The molecule has 0 rings (SSSR count). The van der Waals surface area contributed by atoms with Crippen LogP contribution in [-0.4, -0.2) is 22.4 Å². The largest absolute Gasteiger partial charge is 0.390 e. The first-order chi connectivity index (χ1) is 5.72. The van der Waals surface area contributed by atoms with Crippen molar-refractivity contribution in [2.75, 3.05) is 0 Å². The standard InChI is InChI=1S/C10H22O2/c1-3-5-6-7-8-10(12)9(11)4-2/h9-12H,3-8H2,1-2H3/t9-,10+/m1/s1. The Labute approximate surface area is 75.6 Å². The summed E-state index contributed by atoms with van der Waals surface area (Å²) in [5.41, 5.74) is 0. The Morgan fingerprint density at radius 3 is 2.08 bits per heavy atom. The Balaban J connectivity index is 3.24. The van der Waals surface area contributed by atoms with Gasteiger partial charge in [-0.05, 0) is 12.8 Å². The van der Waals surface area contributed by atoms with Gasteiger partial charge in [-0.3, -0.25) is 0 Å². The summed E-state index contributed by atoms with van der Waals surface area (Å²) in [6.45, 7) is 4.05. The maximum absolute atomic E-state index is 9.37. The summed E-state index contributed by atoms with van der Waals surface area (Å²) in [6.07, 6.45) is 5.01. The second kappa shape index (κ2) is 7.56. The molecule has 12 heavy (non-hydrogen) atoms. The van der Waals surface area contributed by atoms with Gasteiger partial charge >= 0.3 is 0 Å². The van der Waals surface area contributed by atoms with Crippen molar-refractivity contribution in [2.24, 2.45) is 0 Å². The molecule has 2 heteroatoms. The lowest BCUT2D eigenvalue weighted by molar-refractivity contribution is 0.0114. The molecule has 0 saturated carbocycles. The van der Waals surface area contributed by atoms with Crippen LogP contribution in [0.5, 0.6) is 0 Å². The highest BCUT2D eigenvalue weighted by molar-refractivity contribution is 4.64. The summed E-state index contributed by atoms with van der Waals surface area (Å²) in [4.78, 5) is 0. The highest BCUT2D eigenvalue weighted by Crippen LogP contribution is 2.09.